The van der Waals surface area contributed by atoms with Crippen LogP contribution >= 0.6 is 23.2 Å². The third-order valence-electron chi connectivity index (χ3n) is 3.47. The van der Waals surface area contributed by atoms with Gasteiger partial charge in [0, 0.05) is 16.8 Å². The maximum absolute atomic E-state index is 12.3. The van der Waals surface area contributed by atoms with Crippen LogP contribution < -0.4 is 10.0 Å². The Kier molecular flexibility index (Phi) is 4.83. The van der Waals surface area contributed by atoms with E-state index in [4.69, 9.17) is 23.2 Å². The molecule has 5 nitrogen and oxygen atoms in total. The highest BCUT2D eigenvalue weighted by Gasteiger charge is 2.28. The fraction of sp³-hybridized carbons (Fsp3) is 0.188. The summed E-state index contributed by atoms with van der Waals surface area (Å²) in [7, 11) is -3.58. The molecule has 3 rings (SSSR count). The lowest BCUT2D eigenvalue weighted by Gasteiger charge is -2.10. The number of halogens is 2. The number of nitrogens with one attached hydrogen (secondary N) is 2. The first-order chi connectivity index (χ1) is 11.3. The maximum atomic E-state index is 12.3. The Labute approximate surface area is 150 Å². The van der Waals surface area contributed by atoms with E-state index in [9.17, 15) is 13.2 Å². The molecule has 0 radical (unpaired) electrons. The molecule has 0 unspecified atom stereocenters. The van der Waals surface area contributed by atoms with Gasteiger partial charge in [-0.1, -0.05) is 29.3 Å². The molecule has 0 atom stereocenters. The van der Waals surface area contributed by atoms with Crippen molar-refractivity contribution in [3.63, 3.8) is 0 Å². The largest absolute Gasteiger partial charge is 0.322 e. The minimum absolute atomic E-state index is 0.0125. The van der Waals surface area contributed by atoms with Gasteiger partial charge in [-0.15, -0.1) is 0 Å². The zero-order valence-electron chi connectivity index (χ0n) is 12.4. The van der Waals surface area contributed by atoms with Crippen molar-refractivity contribution in [2.45, 2.75) is 23.8 Å². The first kappa shape index (κ1) is 17.2. The van der Waals surface area contributed by atoms with Crippen molar-refractivity contribution in [1.82, 2.24) is 4.72 Å². The van der Waals surface area contributed by atoms with Crippen molar-refractivity contribution in [3.8, 4) is 0 Å². The molecule has 1 aliphatic rings. The first-order valence-electron chi connectivity index (χ1n) is 7.24. The molecule has 0 spiro atoms. The maximum Gasteiger partial charge on any atom is 0.257 e. The molecule has 0 heterocycles. The Morgan fingerprint density at radius 2 is 1.83 bits per heavy atom. The third-order valence-corrected chi connectivity index (χ3v) is 5.56. The summed E-state index contributed by atoms with van der Waals surface area (Å²) in [4.78, 5) is 12.4. The Bertz CT molecular complexity index is 896. The van der Waals surface area contributed by atoms with E-state index in [0.717, 1.165) is 12.8 Å². The number of sulfonamides is 1. The molecule has 0 aliphatic heterocycles. The number of rotatable bonds is 5. The highest BCUT2D eigenvalue weighted by atomic mass is 35.5. The monoisotopic (exact) mass is 384 g/mol. The summed E-state index contributed by atoms with van der Waals surface area (Å²) in [5.41, 5.74) is 0.572. The molecule has 24 heavy (non-hydrogen) atoms. The van der Waals surface area contributed by atoms with Gasteiger partial charge in [-0.05, 0) is 49.2 Å². The Balaban J connectivity index is 1.81. The van der Waals surface area contributed by atoms with Crippen molar-refractivity contribution < 1.29 is 13.2 Å². The molecule has 0 bridgehead atoms. The number of benzene rings is 2. The van der Waals surface area contributed by atoms with Crippen LogP contribution in [0.3, 0.4) is 0 Å². The molecule has 8 heteroatoms. The number of carbonyl (C=O) groups excluding carboxylic acids is 1. The van der Waals surface area contributed by atoms with Crippen LogP contribution in [0, 0.1) is 0 Å². The fourth-order valence-electron chi connectivity index (χ4n) is 2.10. The second-order valence-corrected chi connectivity index (χ2v) is 8.06. The van der Waals surface area contributed by atoms with Gasteiger partial charge in [0.2, 0.25) is 10.0 Å². The Morgan fingerprint density at radius 1 is 1.08 bits per heavy atom. The molecular weight excluding hydrogens is 371 g/mol. The van der Waals surface area contributed by atoms with Gasteiger partial charge in [0.1, 0.15) is 0 Å². The quantitative estimate of drug-likeness (QED) is 0.825. The van der Waals surface area contributed by atoms with E-state index in [0.29, 0.717) is 10.7 Å². The lowest BCUT2D eigenvalue weighted by atomic mass is 10.2. The second kappa shape index (κ2) is 6.72. The first-order valence-corrected chi connectivity index (χ1v) is 9.48. The number of carbonyl (C=O) groups is 1. The van der Waals surface area contributed by atoms with Crippen molar-refractivity contribution in [2.24, 2.45) is 0 Å². The third kappa shape index (κ3) is 4.08. The van der Waals surface area contributed by atoms with Crippen LogP contribution in [0.25, 0.3) is 0 Å². The van der Waals surface area contributed by atoms with Crippen molar-refractivity contribution >= 4 is 44.8 Å². The number of anilines is 1. The minimum Gasteiger partial charge on any atom is -0.322 e. The highest BCUT2D eigenvalue weighted by Crippen LogP contribution is 2.25. The SMILES string of the molecule is O=C(Nc1cccc(S(=O)(=O)NC2CC2)c1)c1cc(Cl)ccc1Cl. The van der Waals surface area contributed by atoms with Crippen LogP contribution in [0.15, 0.2) is 47.4 Å². The van der Waals surface area contributed by atoms with Crippen LogP contribution in [0.5, 0.6) is 0 Å². The van der Waals surface area contributed by atoms with E-state index in [2.05, 4.69) is 10.0 Å². The Hall–Kier alpha value is -1.60. The lowest BCUT2D eigenvalue weighted by Crippen LogP contribution is -2.25. The lowest BCUT2D eigenvalue weighted by molar-refractivity contribution is 0.102. The molecular formula is C16H14Cl2N2O3S. The average Bonchev–Trinajstić information content (AvgIpc) is 3.33. The molecule has 1 amide bonds. The van der Waals surface area contributed by atoms with Crippen LogP contribution in [0.4, 0.5) is 5.69 Å². The summed E-state index contributed by atoms with van der Waals surface area (Å²) in [5, 5.41) is 3.28. The second-order valence-electron chi connectivity index (χ2n) is 5.50. The zero-order valence-corrected chi connectivity index (χ0v) is 14.8. The van der Waals surface area contributed by atoms with Crippen LogP contribution in [-0.4, -0.2) is 20.4 Å². The molecule has 1 saturated carbocycles. The number of hydrogen-bond acceptors (Lipinski definition) is 3. The molecule has 1 aliphatic carbocycles. The summed E-state index contributed by atoms with van der Waals surface area (Å²) in [6, 6.07) is 10.6. The predicted molar refractivity (Wildman–Crippen MR) is 94.2 cm³/mol. The minimum atomic E-state index is -3.58. The van der Waals surface area contributed by atoms with Gasteiger partial charge in [-0.25, -0.2) is 13.1 Å². The molecule has 2 aromatic rings. The van der Waals surface area contributed by atoms with Gasteiger partial charge in [0.25, 0.3) is 5.91 Å². The molecule has 2 N–H and O–H groups in total. The van der Waals surface area contributed by atoms with Gasteiger partial charge >= 0.3 is 0 Å². The van der Waals surface area contributed by atoms with Crippen LogP contribution in [0.2, 0.25) is 10.0 Å². The summed E-state index contributed by atoms with van der Waals surface area (Å²) in [5.74, 6) is -0.466. The van der Waals surface area contributed by atoms with E-state index in [1.54, 1.807) is 18.2 Å². The zero-order chi connectivity index (χ0) is 17.3. The van der Waals surface area contributed by atoms with Crippen molar-refractivity contribution in [3.05, 3.63) is 58.1 Å². The van der Waals surface area contributed by atoms with E-state index >= 15 is 0 Å². The molecule has 126 valence electrons. The fourth-order valence-corrected chi connectivity index (χ4v) is 3.83. The van der Waals surface area contributed by atoms with E-state index in [1.165, 1.54) is 24.3 Å². The predicted octanol–water partition coefficient (Wildman–Crippen LogP) is 3.69. The smallest absolute Gasteiger partial charge is 0.257 e. The number of hydrogen-bond donors (Lipinski definition) is 2. The Morgan fingerprint density at radius 3 is 2.54 bits per heavy atom. The van der Waals surface area contributed by atoms with Gasteiger partial charge in [-0.2, -0.15) is 0 Å². The van der Waals surface area contributed by atoms with Gasteiger partial charge < -0.3 is 5.32 Å². The summed E-state index contributed by atoms with van der Waals surface area (Å²) >= 11 is 11.9. The van der Waals surface area contributed by atoms with Crippen LogP contribution in [0.1, 0.15) is 23.2 Å². The topological polar surface area (TPSA) is 75.3 Å². The van der Waals surface area contributed by atoms with Gasteiger partial charge in [0.05, 0.1) is 15.5 Å². The highest BCUT2D eigenvalue weighted by molar-refractivity contribution is 7.89. The standard InChI is InChI=1S/C16H14Cl2N2O3S/c17-10-4-7-15(18)14(8-10)16(21)19-12-2-1-3-13(9-12)24(22,23)20-11-5-6-11/h1-4,7-9,11,20H,5-6H2,(H,19,21). The van der Waals surface area contributed by atoms with Gasteiger partial charge in [0.15, 0.2) is 0 Å². The van der Waals surface area contributed by atoms with Crippen LogP contribution in [-0.2, 0) is 10.0 Å². The summed E-state index contributed by atoms with van der Waals surface area (Å²) in [6.07, 6.45) is 1.70. The van der Waals surface area contributed by atoms with E-state index in [-0.39, 0.29) is 21.5 Å². The van der Waals surface area contributed by atoms with E-state index < -0.39 is 15.9 Å². The average molecular weight is 385 g/mol. The van der Waals surface area contributed by atoms with Crippen molar-refractivity contribution in [2.75, 3.05) is 5.32 Å². The molecule has 0 saturated heterocycles. The molecule has 2 aromatic carbocycles. The summed E-state index contributed by atoms with van der Waals surface area (Å²) < 4.78 is 27.1. The molecule has 0 aromatic heterocycles. The molecule has 1 fully saturated rings. The summed E-state index contributed by atoms with van der Waals surface area (Å²) in [6.45, 7) is 0. The normalized spacial score (nSPS) is 14.4. The number of amides is 1. The van der Waals surface area contributed by atoms with Crippen molar-refractivity contribution in [1.29, 1.82) is 0 Å². The van der Waals surface area contributed by atoms with E-state index in [1.807, 2.05) is 0 Å². The van der Waals surface area contributed by atoms with Gasteiger partial charge in [-0.3, -0.25) is 4.79 Å².